The quantitative estimate of drug-likeness (QED) is 0.361. The Morgan fingerprint density at radius 1 is 0.923 bits per heavy atom. The van der Waals surface area contributed by atoms with Crippen molar-refractivity contribution in [3.63, 3.8) is 0 Å². The van der Waals surface area contributed by atoms with E-state index in [0.717, 1.165) is 47.6 Å². The predicted molar refractivity (Wildman–Crippen MR) is 152 cm³/mol. The zero-order chi connectivity index (χ0) is 26.6. The number of amides is 2. The third-order valence-electron chi connectivity index (χ3n) is 8.09. The highest BCUT2D eigenvalue weighted by Crippen LogP contribution is 2.38. The first-order valence-electron chi connectivity index (χ1n) is 14.2. The molecule has 0 saturated heterocycles. The van der Waals surface area contributed by atoms with Crippen LogP contribution in [0.3, 0.4) is 0 Å². The van der Waals surface area contributed by atoms with E-state index < -0.39 is 0 Å². The lowest BCUT2D eigenvalue weighted by atomic mass is 9.83. The van der Waals surface area contributed by atoms with Crippen molar-refractivity contribution in [1.29, 1.82) is 0 Å². The van der Waals surface area contributed by atoms with Crippen LogP contribution >= 0.6 is 0 Å². The molecule has 0 unspecified atom stereocenters. The smallest absolute Gasteiger partial charge is 0.281 e. The molecular weight excluding hydrogens is 486 g/mol. The number of rotatable bonds is 9. The number of ether oxygens (including phenoxy) is 1. The van der Waals surface area contributed by atoms with Gasteiger partial charge < -0.3 is 10.1 Å². The number of benzene rings is 3. The monoisotopic (exact) mass is 521 g/mol. The van der Waals surface area contributed by atoms with Gasteiger partial charge in [-0.1, -0.05) is 67.4 Å². The molecule has 2 saturated carbocycles. The van der Waals surface area contributed by atoms with E-state index in [9.17, 15) is 9.59 Å². The van der Waals surface area contributed by atoms with Crippen molar-refractivity contribution in [2.24, 2.45) is 16.9 Å². The molecule has 2 fully saturated rings. The van der Waals surface area contributed by atoms with Gasteiger partial charge in [0.1, 0.15) is 0 Å². The minimum Gasteiger partial charge on any atom is -0.466 e. The van der Waals surface area contributed by atoms with Gasteiger partial charge in [-0.2, -0.15) is 0 Å². The molecule has 6 heteroatoms. The Bertz CT molecular complexity index is 1340. The Balaban J connectivity index is 1.17. The number of nitrogens with zero attached hydrogens (tertiary/aromatic N) is 2. The fourth-order valence-corrected chi connectivity index (χ4v) is 5.83. The summed E-state index contributed by atoms with van der Waals surface area (Å²) in [6.07, 6.45) is 8.21. The van der Waals surface area contributed by atoms with E-state index in [1.807, 2.05) is 66.7 Å². The van der Waals surface area contributed by atoms with Crippen LogP contribution in [0.15, 0.2) is 84.0 Å². The Morgan fingerprint density at radius 2 is 1.69 bits per heavy atom. The molecular formula is C33H35N3O3. The van der Waals surface area contributed by atoms with Gasteiger partial charge in [-0.25, -0.2) is 5.01 Å². The van der Waals surface area contributed by atoms with Crippen molar-refractivity contribution in [2.45, 2.75) is 57.4 Å². The summed E-state index contributed by atoms with van der Waals surface area (Å²) in [6, 6.07) is 26.1. The van der Waals surface area contributed by atoms with E-state index in [4.69, 9.17) is 4.74 Å². The van der Waals surface area contributed by atoms with Crippen LogP contribution in [-0.2, 0) is 27.3 Å². The first-order chi connectivity index (χ1) is 19.1. The van der Waals surface area contributed by atoms with E-state index in [-0.39, 0.29) is 24.3 Å². The van der Waals surface area contributed by atoms with Crippen LogP contribution < -0.4 is 5.32 Å². The number of hydrogen-bond acceptors (Lipinski definition) is 4. The van der Waals surface area contributed by atoms with Gasteiger partial charge in [-0.15, -0.1) is 5.10 Å². The summed E-state index contributed by atoms with van der Waals surface area (Å²) in [7, 11) is 0. The lowest BCUT2D eigenvalue weighted by Gasteiger charge is -2.25. The molecule has 200 valence electrons. The molecule has 0 radical (unpaired) electrons. The second-order valence-corrected chi connectivity index (χ2v) is 11.1. The molecule has 0 aromatic heterocycles. The molecule has 6 nitrogen and oxygen atoms in total. The molecule has 1 atom stereocenters. The summed E-state index contributed by atoms with van der Waals surface area (Å²) >= 11 is 0. The molecule has 1 heterocycles. The largest absolute Gasteiger partial charge is 0.466 e. The Hall–Kier alpha value is -3.93. The lowest BCUT2D eigenvalue weighted by Crippen LogP contribution is -2.36. The maximum Gasteiger partial charge on any atom is 0.281 e. The van der Waals surface area contributed by atoms with Crippen molar-refractivity contribution in [3.8, 4) is 0 Å². The first kappa shape index (κ1) is 25.4. The molecule has 3 aromatic carbocycles. The Morgan fingerprint density at radius 3 is 2.44 bits per heavy atom. The zero-order valence-electron chi connectivity index (χ0n) is 22.2. The maximum atomic E-state index is 13.7. The van der Waals surface area contributed by atoms with Crippen LogP contribution in [0.2, 0.25) is 0 Å². The maximum absolute atomic E-state index is 13.7. The fraction of sp³-hybridized carbons (Fsp3) is 0.364. The Labute approximate surface area is 230 Å². The van der Waals surface area contributed by atoms with E-state index >= 15 is 0 Å². The number of carbonyl (C=O) groups excluding carboxylic acids is 2. The number of hydrazone groups is 1. The molecule has 39 heavy (non-hydrogen) atoms. The normalized spacial score (nSPS) is 18.4. The zero-order valence-corrected chi connectivity index (χ0v) is 22.2. The molecule has 0 bridgehead atoms. The van der Waals surface area contributed by atoms with Gasteiger partial charge in [-0.3, -0.25) is 9.59 Å². The minimum atomic E-state index is -0.193. The van der Waals surface area contributed by atoms with Gasteiger partial charge in [0.05, 0.1) is 12.5 Å². The third kappa shape index (κ3) is 6.22. The van der Waals surface area contributed by atoms with Crippen molar-refractivity contribution in [3.05, 3.63) is 101 Å². The van der Waals surface area contributed by atoms with Crippen LogP contribution in [0.5, 0.6) is 0 Å². The topological polar surface area (TPSA) is 71.0 Å². The van der Waals surface area contributed by atoms with E-state index in [2.05, 4.69) is 22.6 Å². The lowest BCUT2D eigenvalue weighted by molar-refractivity contribution is -0.136. The van der Waals surface area contributed by atoms with Crippen LogP contribution in [0.1, 0.15) is 66.7 Å². The van der Waals surface area contributed by atoms with Crippen molar-refractivity contribution in [2.75, 3.05) is 11.9 Å². The van der Waals surface area contributed by atoms with Crippen molar-refractivity contribution in [1.82, 2.24) is 5.01 Å². The molecule has 2 amide bonds. The summed E-state index contributed by atoms with van der Waals surface area (Å²) in [5.74, 6) is 1.30. The van der Waals surface area contributed by atoms with E-state index in [1.165, 1.54) is 36.3 Å². The van der Waals surface area contributed by atoms with Crippen molar-refractivity contribution < 1.29 is 14.3 Å². The first-order valence-corrected chi connectivity index (χ1v) is 14.2. The van der Waals surface area contributed by atoms with E-state index in [0.29, 0.717) is 18.4 Å². The highest BCUT2D eigenvalue weighted by Gasteiger charge is 2.32. The fourth-order valence-electron chi connectivity index (χ4n) is 5.83. The standard InChI is InChI=1S/C33H35N3O3/c37-30-22-39-33(28-10-2-1-3-11-28)35-36(30)21-24-15-17-27(18-16-24)31(26-8-4-5-9-26)32(38)34-29-12-6-7-25(20-29)19-23-13-14-23/h1-3,6-7,10-12,15-18,20,23,26,31H,4-5,8-9,13-14,19,21-22H2,(H,34,38)/t31-/m0/s1. The second-order valence-electron chi connectivity index (χ2n) is 11.1. The van der Waals surface area contributed by atoms with Crippen LogP contribution in [0.25, 0.3) is 0 Å². The predicted octanol–water partition coefficient (Wildman–Crippen LogP) is 6.27. The van der Waals surface area contributed by atoms with E-state index in [1.54, 1.807) is 0 Å². The SMILES string of the molecule is O=C(Nc1cccc(CC2CC2)c1)[C@H](c1ccc(CN2N=C(c3ccccc3)OCC2=O)cc1)C1CCCC1. The molecule has 0 spiro atoms. The summed E-state index contributed by atoms with van der Waals surface area (Å²) in [5.41, 5.74) is 5.01. The Kier molecular flexibility index (Phi) is 7.44. The van der Waals surface area contributed by atoms with Gasteiger partial charge in [-0.05, 0) is 84.9 Å². The third-order valence-corrected chi connectivity index (χ3v) is 8.09. The van der Waals surface area contributed by atoms with Crippen LogP contribution in [-0.4, -0.2) is 29.3 Å². The van der Waals surface area contributed by atoms with Crippen molar-refractivity contribution >= 4 is 23.4 Å². The number of anilines is 1. The highest BCUT2D eigenvalue weighted by molar-refractivity contribution is 5.98. The molecule has 6 rings (SSSR count). The summed E-state index contributed by atoms with van der Waals surface area (Å²) in [6.45, 7) is 0.324. The van der Waals surface area contributed by atoms with Crippen LogP contribution in [0.4, 0.5) is 5.69 Å². The van der Waals surface area contributed by atoms with Gasteiger partial charge in [0.25, 0.3) is 5.91 Å². The summed E-state index contributed by atoms with van der Waals surface area (Å²) in [4.78, 5) is 26.2. The molecule has 3 aromatic rings. The average Bonchev–Trinajstić information content (AvgIpc) is 3.61. The summed E-state index contributed by atoms with van der Waals surface area (Å²) in [5, 5.41) is 9.17. The van der Waals surface area contributed by atoms with Gasteiger partial charge in [0.2, 0.25) is 11.8 Å². The van der Waals surface area contributed by atoms with Gasteiger partial charge >= 0.3 is 0 Å². The van der Waals surface area contributed by atoms with Gasteiger partial charge in [0.15, 0.2) is 6.61 Å². The number of carbonyl (C=O) groups is 2. The number of nitrogens with one attached hydrogen (secondary N) is 1. The second kappa shape index (κ2) is 11.4. The molecule has 1 aliphatic heterocycles. The molecule has 3 aliphatic rings. The molecule has 1 N–H and O–H groups in total. The van der Waals surface area contributed by atoms with Crippen LogP contribution in [0, 0.1) is 11.8 Å². The minimum absolute atomic E-state index is 0.0302. The summed E-state index contributed by atoms with van der Waals surface area (Å²) < 4.78 is 5.57. The molecule has 2 aliphatic carbocycles. The number of hydrogen-bond donors (Lipinski definition) is 1. The highest BCUT2D eigenvalue weighted by atomic mass is 16.5. The van der Waals surface area contributed by atoms with Gasteiger partial charge in [0, 0.05) is 11.3 Å². The average molecular weight is 522 g/mol.